The SMILES string of the molecule is Cc1cccn2c(=O)c(/C=C(/C#N)C(=O)Nc3cccc(C(F)(F)F)c3)c(Oc3ccccc3Cl)nc12. The average molecular weight is 525 g/mol. The maximum absolute atomic E-state index is 13.4. The lowest BCUT2D eigenvalue weighted by Crippen LogP contribution is -2.21. The average Bonchev–Trinajstić information content (AvgIpc) is 2.85. The van der Waals surface area contributed by atoms with Gasteiger partial charge in [0.15, 0.2) is 0 Å². The highest BCUT2D eigenvalue weighted by Gasteiger charge is 2.30. The fourth-order valence-corrected chi connectivity index (χ4v) is 3.56. The number of hydrogen-bond donors (Lipinski definition) is 1. The minimum atomic E-state index is -4.62. The van der Waals surface area contributed by atoms with Gasteiger partial charge < -0.3 is 10.1 Å². The molecule has 37 heavy (non-hydrogen) atoms. The van der Waals surface area contributed by atoms with Gasteiger partial charge in [-0.15, -0.1) is 0 Å². The summed E-state index contributed by atoms with van der Waals surface area (Å²) in [5, 5.41) is 12.1. The minimum absolute atomic E-state index is 0.176. The Hall–Kier alpha value is -4.62. The molecule has 0 saturated heterocycles. The number of anilines is 1. The van der Waals surface area contributed by atoms with Crippen LogP contribution in [0.4, 0.5) is 18.9 Å². The van der Waals surface area contributed by atoms with Gasteiger partial charge >= 0.3 is 6.18 Å². The number of alkyl halides is 3. The molecule has 0 saturated carbocycles. The monoisotopic (exact) mass is 524 g/mol. The van der Waals surface area contributed by atoms with E-state index >= 15 is 0 Å². The first kappa shape index (κ1) is 25.5. The Balaban J connectivity index is 1.81. The van der Waals surface area contributed by atoms with Crippen LogP contribution in [-0.2, 0) is 11.0 Å². The number of benzene rings is 2. The molecule has 0 aliphatic heterocycles. The molecular formula is C26H16ClF3N4O3. The number of nitrogens with one attached hydrogen (secondary N) is 1. The zero-order valence-electron chi connectivity index (χ0n) is 19.0. The first-order valence-electron chi connectivity index (χ1n) is 10.6. The quantitative estimate of drug-likeness (QED) is 0.255. The number of rotatable bonds is 5. The third-order valence-corrected chi connectivity index (χ3v) is 5.51. The summed E-state index contributed by atoms with van der Waals surface area (Å²) in [6.45, 7) is 1.74. The van der Waals surface area contributed by atoms with Crippen molar-refractivity contribution < 1.29 is 22.7 Å². The van der Waals surface area contributed by atoms with E-state index in [1.807, 2.05) is 0 Å². The number of amides is 1. The first-order chi connectivity index (χ1) is 17.6. The third kappa shape index (κ3) is 5.47. The number of hydrogen-bond acceptors (Lipinski definition) is 5. The number of ether oxygens (including phenoxy) is 1. The topological polar surface area (TPSA) is 96.5 Å². The van der Waals surface area contributed by atoms with Crippen molar-refractivity contribution in [1.82, 2.24) is 9.38 Å². The summed E-state index contributed by atoms with van der Waals surface area (Å²) in [7, 11) is 0. The van der Waals surface area contributed by atoms with Crippen LogP contribution in [0.15, 0.2) is 77.2 Å². The van der Waals surface area contributed by atoms with Gasteiger partial charge in [-0.1, -0.05) is 35.9 Å². The molecule has 2 aromatic carbocycles. The molecule has 11 heteroatoms. The van der Waals surface area contributed by atoms with Gasteiger partial charge in [-0.05, 0) is 55.0 Å². The molecule has 0 spiro atoms. The summed E-state index contributed by atoms with van der Waals surface area (Å²) < 4.78 is 46.1. The van der Waals surface area contributed by atoms with Crippen LogP contribution in [0.3, 0.4) is 0 Å². The molecule has 0 unspecified atom stereocenters. The van der Waals surface area contributed by atoms with Crippen molar-refractivity contribution in [2.45, 2.75) is 13.1 Å². The number of nitrogens with zero attached hydrogens (tertiary/aromatic N) is 3. The van der Waals surface area contributed by atoms with E-state index in [1.54, 1.807) is 49.4 Å². The van der Waals surface area contributed by atoms with E-state index in [2.05, 4.69) is 10.3 Å². The molecule has 4 rings (SSSR count). The lowest BCUT2D eigenvalue weighted by molar-refractivity contribution is -0.137. The van der Waals surface area contributed by atoms with E-state index < -0.39 is 28.8 Å². The second kappa shape index (κ2) is 10.2. The predicted octanol–water partition coefficient (Wildman–Crippen LogP) is 6.01. The van der Waals surface area contributed by atoms with Gasteiger partial charge in [0.05, 0.1) is 10.6 Å². The molecule has 4 aromatic rings. The maximum Gasteiger partial charge on any atom is 0.416 e. The van der Waals surface area contributed by atoms with Crippen molar-refractivity contribution in [3.05, 3.63) is 105 Å². The van der Waals surface area contributed by atoms with Gasteiger partial charge in [0, 0.05) is 11.9 Å². The van der Waals surface area contributed by atoms with E-state index in [4.69, 9.17) is 16.3 Å². The number of carbonyl (C=O) groups is 1. The highest BCUT2D eigenvalue weighted by molar-refractivity contribution is 6.32. The fraction of sp³-hybridized carbons (Fsp3) is 0.0769. The second-order valence-corrected chi connectivity index (χ2v) is 8.16. The summed E-state index contributed by atoms with van der Waals surface area (Å²) in [5.41, 5.74) is -1.67. The molecule has 1 N–H and O–H groups in total. The molecule has 186 valence electrons. The molecule has 2 heterocycles. The second-order valence-electron chi connectivity index (χ2n) is 7.76. The molecule has 1 amide bonds. The van der Waals surface area contributed by atoms with Gasteiger partial charge in [0.25, 0.3) is 11.5 Å². The lowest BCUT2D eigenvalue weighted by Gasteiger charge is -2.12. The van der Waals surface area contributed by atoms with Gasteiger partial charge in [-0.25, -0.2) is 0 Å². The zero-order valence-corrected chi connectivity index (χ0v) is 19.8. The molecule has 0 radical (unpaired) electrons. The Bertz CT molecular complexity index is 1660. The van der Waals surface area contributed by atoms with Crippen LogP contribution in [0.2, 0.25) is 5.02 Å². The van der Waals surface area contributed by atoms with E-state index in [-0.39, 0.29) is 33.6 Å². The van der Waals surface area contributed by atoms with Crippen molar-refractivity contribution in [2.24, 2.45) is 0 Å². The van der Waals surface area contributed by atoms with E-state index in [1.165, 1.54) is 16.7 Å². The molecule has 0 bridgehead atoms. The summed E-state index contributed by atoms with van der Waals surface area (Å²) in [5.74, 6) is -1.07. The van der Waals surface area contributed by atoms with Crippen LogP contribution in [-0.4, -0.2) is 15.3 Å². The summed E-state index contributed by atoms with van der Waals surface area (Å²) in [4.78, 5) is 30.6. The van der Waals surface area contributed by atoms with E-state index in [9.17, 15) is 28.0 Å². The number of aromatic nitrogens is 2. The summed E-state index contributed by atoms with van der Waals surface area (Å²) in [6.07, 6.45) is -2.19. The Morgan fingerprint density at radius 3 is 2.62 bits per heavy atom. The number of carbonyl (C=O) groups excluding carboxylic acids is 1. The molecule has 0 fully saturated rings. The largest absolute Gasteiger partial charge is 0.437 e. The Morgan fingerprint density at radius 1 is 1.16 bits per heavy atom. The summed E-state index contributed by atoms with van der Waals surface area (Å²) in [6, 6.07) is 15.4. The highest BCUT2D eigenvalue weighted by atomic mass is 35.5. The van der Waals surface area contributed by atoms with E-state index in [0.29, 0.717) is 5.56 Å². The number of para-hydroxylation sites is 1. The standard InChI is InChI=1S/C26H16ClF3N4O3/c1-15-6-5-11-34-22(15)33-24(37-21-10-3-2-9-20(21)27)19(25(34)36)12-16(14-31)23(35)32-18-8-4-7-17(13-18)26(28,29)30/h2-13H,1H3,(H,32,35)/b16-12-. The van der Waals surface area contributed by atoms with Crippen molar-refractivity contribution in [1.29, 1.82) is 5.26 Å². The van der Waals surface area contributed by atoms with Crippen LogP contribution in [0.5, 0.6) is 11.6 Å². The van der Waals surface area contributed by atoms with Gasteiger partial charge in [-0.2, -0.15) is 23.4 Å². The van der Waals surface area contributed by atoms with Crippen LogP contribution in [0, 0.1) is 18.3 Å². The number of pyridine rings is 1. The Morgan fingerprint density at radius 2 is 1.92 bits per heavy atom. The normalized spacial score (nSPS) is 11.7. The van der Waals surface area contributed by atoms with Crippen molar-refractivity contribution in [3.8, 4) is 17.7 Å². The zero-order chi connectivity index (χ0) is 26.7. The van der Waals surface area contributed by atoms with Crippen LogP contribution >= 0.6 is 11.6 Å². The maximum atomic E-state index is 13.4. The molecular weight excluding hydrogens is 509 g/mol. The molecule has 0 aliphatic rings. The molecule has 0 aliphatic carbocycles. The Labute approximate surface area is 213 Å². The Kier molecular flexibility index (Phi) is 7.00. The lowest BCUT2D eigenvalue weighted by atomic mass is 10.1. The predicted molar refractivity (Wildman–Crippen MR) is 131 cm³/mol. The first-order valence-corrected chi connectivity index (χ1v) is 11.0. The van der Waals surface area contributed by atoms with Gasteiger partial charge in [0.2, 0.25) is 5.88 Å². The smallest absolute Gasteiger partial charge is 0.416 e. The fourth-order valence-electron chi connectivity index (χ4n) is 3.39. The number of fused-ring (bicyclic) bond motifs is 1. The van der Waals surface area contributed by atoms with Crippen LogP contribution in [0.25, 0.3) is 11.7 Å². The summed E-state index contributed by atoms with van der Waals surface area (Å²) >= 11 is 6.19. The van der Waals surface area contributed by atoms with Crippen LogP contribution in [0.1, 0.15) is 16.7 Å². The highest BCUT2D eigenvalue weighted by Crippen LogP contribution is 2.32. The minimum Gasteiger partial charge on any atom is -0.437 e. The van der Waals surface area contributed by atoms with Crippen LogP contribution < -0.4 is 15.6 Å². The van der Waals surface area contributed by atoms with Crippen molar-refractivity contribution in [2.75, 3.05) is 5.32 Å². The number of nitriles is 1. The molecule has 2 aromatic heterocycles. The van der Waals surface area contributed by atoms with Crippen molar-refractivity contribution >= 4 is 34.9 Å². The van der Waals surface area contributed by atoms with Gasteiger partial charge in [0.1, 0.15) is 28.6 Å². The molecule has 0 atom stereocenters. The van der Waals surface area contributed by atoms with E-state index in [0.717, 1.165) is 24.3 Å². The van der Waals surface area contributed by atoms with Gasteiger partial charge in [-0.3, -0.25) is 14.0 Å². The third-order valence-electron chi connectivity index (χ3n) is 5.19. The number of halogens is 4. The molecule has 7 nitrogen and oxygen atoms in total. The number of aryl methyl sites for hydroxylation is 1. The van der Waals surface area contributed by atoms with Crippen molar-refractivity contribution in [3.63, 3.8) is 0 Å².